The van der Waals surface area contributed by atoms with Gasteiger partial charge in [-0.1, -0.05) is 6.07 Å². The summed E-state index contributed by atoms with van der Waals surface area (Å²) in [7, 11) is -2.87. The lowest BCUT2D eigenvalue weighted by atomic mass is 10.3. The average molecular weight is 187 g/mol. The van der Waals surface area contributed by atoms with Crippen LogP contribution in [0.2, 0.25) is 0 Å². The van der Waals surface area contributed by atoms with Crippen molar-refractivity contribution >= 4 is 10.1 Å². The summed E-state index contributed by atoms with van der Waals surface area (Å²) >= 11 is 0. The van der Waals surface area contributed by atoms with Crippen LogP contribution in [0.4, 0.5) is 0 Å². The Bertz CT molecular complexity index is 369. The van der Waals surface area contributed by atoms with E-state index in [2.05, 4.69) is 6.07 Å². The maximum atomic E-state index is 10.7. The molecule has 1 N–H and O–H groups in total. The van der Waals surface area contributed by atoms with E-state index < -0.39 is 10.1 Å². The van der Waals surface area contributed by atoms with Gasteiger partial charge in [0.2, 0.25) is 0 Å². The van der Waals surface area contributed by atoms with Crippen LogP contribution in [-0.2, 0) is 10.1 Å². The molecule has 0 heterocycles. The Morgan fingerprint density at radius 2 is 2.25 bits per heavy atom. The molecule has 0 fully saturated rings. The first-order chi connectivity index (χ1) is 5.55. The Balaban J connectivity index is 3.33. The van der Waals surface area contributed by atoms with Gasteiger partial charge in [-0.15, -0.1) is 0 Å². The minimum atomic E-state index is -4.19. The molecule has 0 aliphatic heterocycles. The van der Waals surface area contributed by atoms with Crippen molar-refractivity contribution in [3.05, 3.63) is 24.3 Å². The van der Waals surface area contributed by atoms with Crippen LogP contribution in [0.15, 0.2) is 23.1 Å². The highest BCUT2D eigenvalue weighted by Gasteiger charge is 2.14. The quantitative estimate of drug-likeness (QED) is 0.693. The van der Waals surface area contributed by atoms with E-state index in [1.165, 1.54) is 25.3 Å². The predicted molar refractivity (Wildman–Crippen MR) is 41.6 cm³/mol. The normalized spacial score (nSPS) is 11.2. The molecule has 65 valence electrons. The summed E-state index contributed by atoms with van der Waals surface area (Å²) in [5, 5.41) is 0. The Hall–Kier alpha value is -1.07. The zero-order valence-corrected chi connectivity index (χ0v) is 7.13. The molecule has 0 aromatic heterocycles. The number of hydrogen-bond acceptors (Lipinski definition) is 3. The van der Waals surface area contributed by atoms with Crippen LogP contribution in [0, 0.1) is 6.07 Å². The van der Waals surface area contributed by atoms with Crippen molar-refractivity contribution in [1.82, 2.24) is 0 Å². The predicted octanol–water partition coefficient (Wildman–Crippen LogP) is 0.742. The third kappa shape index (κ3) is 1.75. The van der Waals surface area contributed by atoms with Crippen LogP contribution >= 0.6 is 0 Å². The molecule has 0 spiro atoms. The zero-order valence-electron chi connectivity index (χ0n) is 6.31. The highest BCUT2D eigenvalue weighted by molar-refractivity contribution is 7.86. The van der Waals surface area contributed by atoms with Crippen molar-refractivity contribution in [1.29, 1.82) is 0 Å². The van der Waals surface area contributed by atoms with Gasteiger partial charge in [0, 0.05) is 0 Å². The fourth-order valence-electron chi connectivity index (χ4n) is 0.773. The third-order valence-corrected chi connectivity index (χ3v) is 2.18. The molecule has 0 atom stereocenters. The van der Waals surface area contributed by atoms with E-state index in [0.717, 1.165) is 0 Å². The molecule has 0 saturated carbocycles. The maximum Gasteiger partial charge on any atom is 0.298 e. The van der Waals surface area contributed by atoms with E-state index in [4.69, 9.17) is 9.29 Å². The number of benzene rings is 1. The molecule has 4 nitrogen and oxygen atoms in total. The molecular weight excluding hydrogens is 180 g/mol. The van der Waals surface area contributed by atoms with Crippen molar-refractivity contribution < 1.29 is 17.7 Å². The van der Waals surface area contributed by atoms with Crippen LogP contribution < -0.4 is 4.74 Å². The lowest BCUT2D eigenvalue weighted by molar-refractivity contribution is 0.397. The summed E-state index contributed by atoms with van der Waals surface area (Å²) in [5.74, 6) is 0.0833. The molecule has 0 unspecified atom stereocenters. The molecule has 1 aromatic carbocycles. The summed E-state index contributed by atoms with van der Waals surface area (Å²) in [6.07, 6.45) is 0. The first kappa shape index (κ1) is 9.02. The van der Waals surface area contributed by atoms with E-state index in [1.807, 2.05) is 0 Å². The van der Waals surface area contributed by atoms with Crippen LogP contribution in [0.25, 0.3) is 0 Å². The fourth-order valence-corrected chi connectivity index (χ4v) is 1.41. The Morgan fingerprint density at radius 1 is 1.58 bits per heavy atom. The summed E-state index contributed by atoms with van der Waals surface area (Å²) in [4.78, 5) is -0.247. The molecule has 12 heavy (non-hydrogen) atoms. The van der Waals surface area contributed by atoms with Crippen LogP contribution in [-0.4, -0.2) is 20.1 Å². The van der Waals surface area contributed by atoms with Gasteiger partial charge < -0.3 is 4.74 Å². The van der Waals surface area contributed by atoms with Gasteiger partial charge in [-0.3, -0.25) is 4.55 Å². The van der Waals surface area contributed by atoms with Gasteiger partial charge in [-0.2, -0.15) is 8.42 Å². The van der Waals surface area contributed by atoms with Crippen LogP contribution in [0.3, 0.4) is 0 Å². The summed E-state index contributed by atoms with van der Waals surface area (Å²) < 4.78 is 34.7. The Morgan fingerprint density at radius 3 is 2.67 bits per heavy atom. The highest BCUT2D eigenvalue weighted by atomic mass is 32.2. The summed E-state index contributed by atoms with van der Waals surface area (Å²) in [6, 6.07) is 6.56. The largest absolute Gasteiger partial charge is 0.495 e. The molecule has 1 radical (unpaired) electrons. The van der Waals surface area contributed by atoms with E-state index in [9.17, 15) is 8.42 Å². The molecule has 0 aliphatic carbocycles. The Kier molecular flexibility index (Phi) is 2.35. The van der Waals surface area contributed by atoms with E-state index in [0.29, 0.717) is 0 Å². The fraction of sp³-hybridized carbons (Fsp3) is 0.143. The van der Waals surface area contributed by atoms with Crippen molar-refractivity contribution in [3.63, 3.8) is 0 Å². The van der Waals surface area contributed by atoms with Gasteiger partial charge in [-0.25, -0.2) is 0 Å². The molecule has 0 amide bonds. The molecule has 0 bridgehead atoms. The van der Waals surface area contributed by atoms with Crippen molar-refractivity contribution in [3.8, 4) is 5.75 Å². The van der Waals surface area contributed by atoms with Crippen molar-refractivity contribution in [2.24, 2.45) is 0 Å². The highest BCUT2D eigenvalue weighted by Crippen LogP contribution is 2.21. The van der Waals surface area contributed by atoms with E-state index in [1.54, 1.807) is 0 Å². The minimum Gasteiger partial charge on any atom is -0.495 e. The van der Waals surface area contributed by atoms with Crippen LogP contribution in [0.5, 0.6) is 5.75 Å². The van der Waals surface area contributed by atoms with Crippen LogP contribution in [0.1, 0.15) is 0 Å². The minimum absolute atomic E-state index is 0.0833. The summed E-state index contributed by atoms with van der Waals surface area (Å²) in [5.41, 5.74) is 0. The second kappa shape index (κ2) is 3.12. The molecule has 1 aromatic rings. The van der Waals surface area contributed by atoms with Crippen molar-refractivity contribution in [2.75, 3.05) is 7.11 Å². The van der Waals surface area contributed by atoms with Gasteiger partial charge in [0.05, 0.1) is 7.11 Å². The second-order valence-corrected chi connectivity index (χ2v) is 3.44. The average Bonchev–Trinajstić information content (AvgIpc) is 2.03. The third-order valence-electron chi connectivity index (χ3n) is 1.29. The molecular formula is C7H7O4S. The zero-order chi connectivity index (χ0) is 9.19. The SMILES string of the molecule is COc1c[c]ccc1S(=O)(=O)O. The topological polar surface area (TPSA) is 63.6 Å². The number of rotatable bonds is 2. The molecule has 0 aliphatic rings. The first-order valence-corrected chi connectivity index (χ1v) is 4.51. The van der Waals surface area contributed by atoms with Gasteiger partial charge in [0.1, 0.15) is 10.6 Å². The smallest absolute Gasteiger partial charge is 0.298 e. The van der Waals surface area contributed by atoms with Gasteiger partial charge >= 0.3 is 0 Å². The van der Waals surface area contributed by atoms with Crippen molar-refractivity contribution in [2.45, 2.75) is 4.90 Å². The standard InChI is InChI=1S/C7H7O4S/c1-11-6-4-2-3-5-7(6)12(8,9)10/h3-5H,1H3,(H,8,9,10). The molecule has 1 rings (SSSR count). The first-order valence-electron chi connectivity index (χ1n) is 3.07. The van der Waals surface area contributed by atoms with Gasteiger partial charge in [-0.05, 0) is 18.2 Å². The number of hydrogen-bond donors (Lipinski definition) is 1. The van der Waals surface area contributed by atoms with E-state index >= 15 is 0 Å². The van der Waals surface area contributed by atoms with E-state index in [-0.39, 0.29) is 10.6 Å². The second-order valence-electron chi connectivity index (χ2n) is 2.05. The van der Waals surface area contributed by atoms with Gasteiger partial charge in [0.25, 0.3) is 10.1 Å². The number of ether oxygens (including phenoxy) is 1. The molecule has 5 heteroatoms. The Labute approximate surface area is 70.5 Å². The summed E-state index contributed by atoms with van der Waals surface area (Å²) in [6.45, 7) is 0. The lowest BCUT2D eigenvalue weighted by Gasteiger charge is -2.03. The molecule has 0 saturated heterocycles. The lowest BCUT2D eigenvalue weighted by Crippen LogP contribution is -2.00. The van der Waals surface area contributed by atoms with Gasteiger partial charge in [0.15, 0.2) is 0 Å². The number of methoxy groups -OCH3 is 1. The maximum absolute atomic E-state index is 10.7. The monoisotopic (exact) mass is 187 g/mol.